The van der Waals surface area contributed by atoms with Crippen molar-refractivity contribution < 1.29 is 5.11 Å². The van der Waals surface area contributed by atoms with Gasteiger partial charge in [0.25, 0.3) is 0 Å². The monoisotopic (exact) mass is 238 g/mol. The second-order valence-corrected chi connectivity index (χ2v) is 4.78. The van der Waals surface area contributed by atoms with Gasteiger partial charge in [-0.1, -0.05) is 18.3 Å². The van der Waals surface area contributed by atoms with Crippen molar-refractivity contribution in [2.45, 2.75) is 25.9 Å². The predicted molar refractivity (Wildman–Crippen MR) is 61.3 cm³/mol. The smallest absolute Gasteiger partial charge is 0.135 e. The van der Waals surface area contributed by atoms with Gasteiger partial charge in [0.05, 0.1) is 16.3 Å². The molecule has 0 fully saturated rings. The average molecular weight is 238 g/mol. The highest BCUT2D eigenvalue weighted by Gasteiger charge is 2.22. The Morgan fingerprint density at radius 1 is 1.44 bits per heavy atom. The van der Waals surface area contributed by atoms with E-state index in [2.05, 4.69) is 14.7 Å². The minimum atomic E-state index is -0.724. The van der Waals surface area contributed by atoms with Gasteiger partial charge in [0.1, 0.15) is 6.10 Å². The largest absolute Gasteiger partial charge is 0.381 e. The van der Waals surface area contributed by atoms with Crippen LogP contribution in [0.5, 0.6) is 0 Å². The van der Waals surface area contributed by atoms with E-state index in [0.29, 0.717) is 5.69 Å². The molecule has 16 heavy (non-hydrogen) atoms. The first-order valence-corrected chi connectivity index (χ1v) is 5.86. The van der Waals surface area contributed by atoms with E-state index in [1.165, 1.54) is 11.5 Å². The maximum absolute atomic E-state index is 10.2. The molecular weight excluding hydrogens is 224 g/mol. The first-order valence-electron chi connectivity index (χ1n) is 5.09. The minimum absolute atomic E-state index is 0.257. The molecule has 1 atom stereocenters. The Hall–Kier alpha value is -1.27. The summed E-state index contributed by atoms with van der Waals surface area (Å²) in [6.45, 7) is 4.07. The first kappa shape index (κ1) is 11.2. The fraction of sp³-hybridized carbons (Fsp3) is 0.500. The van der Waals surface area contributed by atoms with Crippen molar-refractivity contribution in [1.29, 1.82) is 0 Å². The van der Waals surface area contributed by atoms with E-state index < -0.39 is 6.10 Å². The summed E-state index contributed by atoms with van der Waals surface area (Å²) in [5.74, 6) is 0.257. The normalized spacial score (nSPS) is 13.3. The standard InChI is InChI=1S/C10H14N4OS/c1-6(2)8-10(16-13-11-8)9(15)7-4-5-14(3)12-7/h4-6,9,15H,1-3H3. The van der Waals surface area contributed by atoms with Crippen LogP contribution in [-0.4, -0.2) is 24.5 Å². The Balaban J connectivity index is 2.33. The third-order valence-electron chi connectivity index (χ3n) is 2.35. The number of aliphatic hydroxyl groups excluding tert-OH is 1. The summed E-state index contributed by atoms with van der Waals surface area (Å²) in [6, 6.07) is 1.80. The molecule has 2 aromatic heterocycles. The zero-order valence-corrected chi connectivity index (χ0v) is 10.3. The molecule has 2 aromatic rings. The topological polar surface area (TPSA) is 63.8 Å². The van der Waals surface area contributed by atoms with Crippen LogP contribution in [-0.2, 0) is 7.05 Å². The molecule has 0 aliphatic heterocycles. The Labute approximate surface area is 97.9 Å². The average Bonchev–Trinajstić information content (AvgIpc) is 2.84. The van der Waals surface area contributed by atoms with Gasteiger partial charge < -0.3 is 5.11 Å². The molecule has 0 aliphatic carbocycles. The van der Waals surface area contributed by atoms with Gasteiger partial charge in [0.2, 0.25) is 0 Å². The molecule has 5 nitrogen and oxygen atoms in total. The highest BCUT2D eigenvalue weighted by atomic mass is 32.1. The van der Waals surface area contributed by atoms with Gasteiger partial charge in [-0.15, -0.1) is 5.10 Å². The van der Waals surface area contributed by atoms with Gasteiger partial charge in [-0.3, -0.25) is 4.68 Å². The third kappa shape index (κ3) is 1.98. The van der Waals surface area contributed by atoms with Gasteiger partial charge in [0.15, 0.2) is 0 Å². The quantitative estimate of drug-likeness (QED) is 0.879. The number of aliphatic hydroxyl groups is 1. The van der Waals surface area contributed by atoms with Crippen LogP contribution in [0, 0.1) is 0 Å². The van der Waals surface area contributed by atoms with E-state index in [4.69, 9.17) is 0 Å². The maximum atomic E-state index is 10.2. The summed E-state index contributed by atoms with van der Waals surface area (Å²) in [4.78, 5) is 0.786. The molecule has 2 heterocycles. The van der Waals surface area contributed by atoms with Crippen LogP contribution in [0.3, 0.4) is 0 Å². The molecular formula is C10H14N4OS. The lowest BCUT2D eigenvalue weighted by molar-refractivity contribution is 0.216. The molecule has 1 unspecified atom stereocenters. The van der Waals surface area contributed by atoms with Crippen LogP contribution in [0.4, 0.5) is 0 Å². The molecule has 0 aromatic carbocycles. The molecule has 0 saturated carbocycles. The van der Waals surface area contributed by atoms with E-state index in [1.54, 1.807) is 10.7 Å². The van der Waals surface area contributed by atoms with Crippen molar-refractivity contribution >= 4 is 11.5 Å². The third-order valence-corrected chi connectivity index (χ3v) is 3.14. The van der Waals surface area contributed by atoms with Crippen LogP contribution in [0.1, 0.15) is 42.1 Å². The molecule has 0 aliphatic rings. The van der Waals surface area contributed by atoms with Crippen molar-refractivity contribution in [2.24, 2.45) is 7.05 Å². The molecule has 2 rings (SSSR count). The zero-order valence-electron chi connectivity index (χ0n) is 9.45. The molecule has 0 amide bonds. The fourth-order valence-electron chi connectivity index (χ4n) is 1.51. The van der Waals surface area contributed by atoms with Crippen LogP contribution in [0.2, 0.25) is 0 Å². The van der Waals surface area contributed by atoms with Crippen molar-refractivity contribution in [1.82, 2.24) is 19.4 Å². The lowest BCUT2D eigenvalue weighted by Gasteiger charge is -2.08. The van der Waals surface area contributed by atoms with Gasteiger partial charge in [0, 0.05) is 13.2 Å². The number of hydrogen-bond acceptors (Lipinski definition) is 5. The number of hydrogen-bond donors (Lipinski definition) is 1. The first-order chi connectivity index (χ1) is 7.59. The molecule has 0 bridgehead atoms. The predicted octanol–water partition coefficient (Wildman–Crippen LogP) is 1.48. The highest BCUT2D eigenvalue weighted by Crippen LogP contribution is 2.29. The Morgan fingerprint density at radius 3 is 2.75 bits per heavy atom. The molecule has 0 radical (unpaired) electrons. The summed E-state index contributed by atoms with van der Waals surface area (Å²) in [6.07, 6.45) is 1.08. The van der Waals surface area contributed by atoms with Crippen LogP contribution in [0.15, 0.2) is 12.3 Å². The van der Waals surface area contributed by atoms with E-state index in [9.17, 15) is 5.11 Å². The Morgan fingerprint density at radius 2 is 2.19 bits per heavy atom. The summed E-state index contributed by atoms with van der Waals surface area (Å²) >= 11 is 1.23. The summed E-state index contributed by atoms with van der Waals surface area (Å²) in [7, 11) is 1.82. The van der Waals surface area contributed by atoms with E-state index in [0.717, 1.165) is 10.6 Å². The van der Waals surface area contributed by atoms with Crippen LogP contribution in [0.25, 0.3) is 0 Å². The van der Waals surface area contributed by atoms with Gasteiger partial charge >= 0.3 is 0 Å². The zero-order chi connectivity index (χ0) is 11.7. The SMILES string of the molecule is CC(C)c1nnsc1C(O)c1ccn(C)n1. The lowest BCUT2D eigenvalue weighted by Crippen LogP contribution is -2.04. The molecule has 0 spiro atoms. The minimum Gasteiger partial charge on any atom is -0.381 e. The van der Waals surface area contributed by atoms with Gasteiger partial charge in [-0.2, -0.15) is 5.10 Å². The molecule has 0 saturated heterocycles. The number of rotatable bonds is 3. The number of aryl methyl sites for hydroxylation is 1. The van der Waals surface area contributed by atoms with Gasteiger partial charge in [-0.05, 0) is 23.5 Å². The summed E-state index contributed by atoms with van der Waals surface area (Å²) < 4.78 is 5.56. The molecule has 1 N–H and O–H groups in total. The molecule has 6 heteroatoms. The van der Waals surface area contributed by atoms with Gasteiger partial charge in [-0.25, -0.2) is 0 Å². The fourth-order valence-corrected chi connectivity index (χ4v) is 2.31. The van der Waals surface area contributed by atoms with Crippen molar-refractivity contribution in [3.05, 3.63) is 28.5 Å². The Kier molecular flexibility index (Phi) is 3.02. The lowest BCUT2D eigenvalue weighted by atomic mass is 10.1. The van der Waals surface area contributed by atoms with E-state index in [-0.39, 0.29) is 5.92 Å². The van der Waals surface area contributed by atoms with E-state index in [1.807, 2.05) is 27.1 Å². The number of aromatic nitrogens is 4. The van der Waals surface area contributed by atoms with Crippen LogP contribution < -0.4 is 0 Å². The van der Waals surface area contributed by atoms with Crippen molar-refractivity contribution in [3.63, 3.8) is 0 Å². The highest BCUT2D eigenvalue weighted by molar-refractivity contribution is 7.05. The second kappa shape index (κ2) is 4.31. The molecule has 86 valence electrons. The van der Waals surface area contributed by atoms with Crippen LogP contribution >= 0.6 is 11.5 Å². The summed E-state index contributed by atoms with van der Waals surface area (Å²) in [5, 5.41) is 18.4. The Bertz CT molecular complexity index is 477. The van der Waals surface area contributed by atoms with E-state index >= 15 is 0 Å². The van der Waals surface area contributed by atoms with Crippen molar-refractivity contribution in [3.8, 4) is 0 Å². The second-order valence-electron chi connectivity index (χ2n) is 3.99. The van der Waals surface area contributed by atoms with Crippen molar-refractivity contribution in [2.75, 3.05) is 0 Å². The summed E-state index contributed by atoms with van der Waals surface area (Å²) in [5.41, 5.74) is 1.48. The maximum Gasteiger partial charge on any atom is 0.135 e. The number of nitrogens with zero attached hydrogens (tertiary/aromatic N) is 4.